The molecule has 1 saturated carbocycles. The predicted molar refractivity (Wildman–Crippen MR) is 137 cm³/mol. The van der Waals surface area contributed by atoms with Gasteiger partial charge in [0, 0.05) is 38.3 Å². The molecule has 2 aliphatic rings. The third-order valence-electron chi connectivity index (χ3n) is 7.51. The van der Waals surface area contributed by atoms with Crippen molar-refractivity contribution in [2.45, 2.75) is 83.0 Å². The molecule has 1 saturated heterocycles. The van der Waals surface area contributed by atoms with Crippen LogP contribution in [-0.4, -0.2) is 58.8 Å². The van der Waals surface area contributed by atoms with E-state index >= 15 is 0 Å². The minimum atomic E-state index is -0.438. The van der Waals surface area contributed by atoms with Crippen LogP contribution in [0.15, 0.2) is 42.9 Å². The van der Waals surface area contributed by atoms with E-state index in [0.717, 1.165) is 30.1 Å². The van der Waals surface area contributed by atoms with Gasteiger partial charge in [0.1, 0.15) is 12.6 Å². The Bertz CT molecular complexity index is 957. The van der Waals surface area contributed by atoms with Gasteiger partial charge >= 0.3 is 12.1 Å². The SMILES string of the molecule is COC(=O)[C@H](Cc1cn(CCCC2CCCCC2)cn1)N1CC[C@H](NC(=O)OCc2ccccc2)C1. The van der Waals surface area contributed by atoms with Gasteiger partial charge in [0.25, 0.3) is 0 Å². The van der Waals surface area contributed by atoms with Crippen LogP contribution in [-0.2, 0) is 33.8 Å². The Morgan fingerprint density at radius 1 is 1.14 bits per heavy atom. The number of hydrogen-bond donors (Lipinski definition) is 1. The standard InChI is InChI=1S/C28H40N4O4/c1-35-27(33)26(17-25-18-31(21-29-25)15-8-13-22-9-4-2-5-10-22)32-16-14-24(19-32)30-28(34)36-20-23-11-6-3-7-12-23/h3,6-7,11-12,18,21-22,24,26H,2,4-5,8-10,13-17,19-20H2,1H3,(H,30,34)/t24-,26-/m0/s1. The topological polar surface area (TPSA) is 85.7 Å². The van der Waals surface area contributed by atoms with E-state index in [-0.39, 0.29) is 18.6 Å². The minimum absolute atomic E-state index is 0.0715. The molecule has 0 spiro atoms. The number of aromatic nitrogens is 2. The number of hydrogen-bond acceptors (Lipinski definition) is 6. The van der Waals surface area contributed by atoms with E-state index < -0.39 is 12.1 Å². The second-order valence-corrected chi connectivity index (χ2v) is 10.2. The molecule has 4 rings (SSSR count). The van der Waals surface area contributed by atoms with Gasteiger partial charge in [-0.05, 0) is 30.7 Å². The highest BCUT2D eigenvalue weighted by Crippen LogP contribution is 2.27. The molecule has 8 heteroatoms. The van der Waals surface area contributed by atoms with Crippen molar-refractivity contribution in [1.82, 2.24) is 19.8 Å². The first kappa shape index (κ1) is 26.2. The average molecular weight is 497 g/mol. The van der Waals surface area contributed by atoms with Gasteiger partial charge in [-0.3, -0.25) is 9.69 Å². The number of nitrogens with zero attached hydrogens (tertiary/aromatic N) is 3. The molecule has 1 amide bonds. The van der Waals surface area contributed by atoms with Gasteiger partial charge in [-0.2, -0.15) is 0 Å². The molecule has 2 aromatic rings. The normalized spacial score (nSPS) is 19.6. The summed E-state index contributed by atoms with van der Waals surface area (Å²) in [5.74, 6) is 0.618. The first-order valence-electron chi connectivity index (χ1n) is 13.4. The summed E-state index contributed by atoms with van der Waals surface area (Å²) in [5, 5.41) is 2.93. The zero-order chi connectivity index (χ0) is 25.2. The summed E-state index contributed by atoms with van der Waals surface area (Å²) < 4.78 is 12.6. The molecule has 1 aliphatic heterocycles. The van der Waals surface area contributed by atoms with Crippen molar-refractivity contribution in [3.63, 3.8) is 0 Å². The number of esters is 1. The van der Waals surface area contributed by atoms with Crippen LogP contribution < -0.4 is 5.32 Å². The van der Waals surface area contributed by atoms with Crippen LogP contribution in [0.5, 0.6) is 0 Å². The summed E-state index contributed by atoms with van der Waals surface area (Å²) in [6, 6.07) is 9.10. The number of likely N-dealkylation sites (tertiary alicyclic amines) is 1. The van der Waals surface area contributed by atoms with Crippen molar-refractivity contribution in [3.8, 4) is 0 Å². The van der Waals surface area contributed by atoms with E-state index in [4.69, 9.17) is 9.47 Å². The second kappa shape index (κ2) is 13.4. The lowest BCUT2D eigenvalue weighted by Crippen LogP contribution is -2.44. The van der Waals surface area contributed by atoms with Crippen LogP contribution in [0.1, 0.15) is 62.6 Å². The van der Waals surface area contributed by atoms with Gasteiger partial charge in [0.2, 0.25) is 0 Å². The van der Waals surface area contributed by atoms with E-state index in [1.165, 1.54) is 52.1 Å². The maximum Gasteiger partial charge on any atom is 0.407 e. The molecule has 2 heterocycles. The first-order valence-corrected chi connectivity index (χ1v) is 13.4. The van der Waals surface area contributed by atoms with Gasteiger partial charge in [0.05, 0.1) is 19.1 Å². The number of ether oxygens (including phenoxy) is 2. The molecule has 1 aromatic carbocycles. The number of aryl methyl sites for hydroxylation is 1. The fourth-order valence-electron chi connectivity index (χ4n) is 5.49. The Kier molecular flexibility index (Phi) is 9.78. The number of rotatable bonds is 11. The monoisotopic (exact) mass is 496 g/mol. The van der Waals surface area contributed by atoms with Crippen molar-refractivity contribution < 1.29 is 19.1 Å². The van der Waals surface area contributed by atoms with E-state index in [0.29, 0.717) is 19.5 Å². The Hall–Kier alpha value is -2.87. The summed E-state index contributed by atoms with van der Waals surface area (Å²) in [4.78, 5) is 31.5. The number of amides is 1. The molecule has 0 bridgehead atoms. The molecular formula is C28H40N4O4. The quantitative estimate of drug-likeness (QED) is 0.466. The van der Waals surface area contributed by atoms with Crippen molar-refractivity contribution >= 4 is 12.1 Å². The lowest BCUT2D eigenvalue weighted by atomic mass is 9.86. The van der Waals surface area contributed by atoms with Crippen molar-refractivity contribution in [3.05, 3.63) is 54.1 Å². The number of nitrogens with one attached hydrogen (secondary N) is 1. The van der Waals surface area contributed by atoms with Crippen LogP contribution in [0.4, 0.5) is 4.79 Å². The molecule has 2 atom stereocenters. The third kappa shape index (κ3) is 7.82. The summed E-state index contributed by atoms with van der Waals surface area (Å²) in [7, 11) is 1.42. The smallest absolute Gasteiger partial charge is 0.407 e. The molecule has 8 nitrogen and oxygen atoms in total. The Labute approximate surface area is 214 Å². The Morgan fingerprint density at radius 2 is 1.94 bits per heavy atom. The maximum atomic E-state index is 12.6. The molecule has 1 aliphatic carbocycles. The lowest BCUT2D eigenvalue weighted by molar-refractivity contribution is -0.146. The molecule has 1 aromatic heterocycles. The highest BCUT2D eigenvalue weighted by atomic mass is 16.5. The van der Waals surface area contributed by atoms with Crippen molar-refractivity contribution in [2.75, 3.05) is 20.2 Å². The zero-order valence-electron chi connectivity index (χ0n) is 21.4. The molecule has 0 unspecified atom stereocenters. The van der Waals surface area contributed by atoms with Crippen molar-refractivity contribution in [1.29, 1.82) is 0 Å². The molecule has 2 fully saturated rings. The second-order valence-electron chi connectivity index (χ2n) is 10.2. The van der Waals surface area contributed by atoms with E-state index in [9.17, 15) is 9.59 Å². The van der Waals surface area contributed by atoms with Crippen LogP contribution in [0.2, 0.25) is 0 Å². The number of carbonyl (C=O) groups excluding carboxylic acids is 2. The average Bonchev–Trinajstić information content (AvgIpc) is 3.56. The predicted octanol–water partition coefficient (Wildman–Crippen LogP) is 4.33. The van der Waals surface area contributed by atoms with Gasteiger partial charge < -0.3 is 19.4 Å². The van der Waals surface area contributed by atoms with Gasteiger partial charge in [-0.1, -0.05) is 62.4 Å². The van der Waals surface area contributed by atoms with Crippen LogP contribution in [0.3, 0.4) is 0 Å². The maximum absolute atomic E-state index is 12.6. The van der Waals surface area contributed by atoms with E-state index in [1.54, 1.807) is 0 Å². The van der Waals surface area contributed by atoms with E-state index in [2.05, 4.69) is 26.0 Å². The summed E-state index contributed by atoms with van der Waals surface area (Å²) in [5.41, 5.74) is 1.83. The van der Waals surface area contributed by atoms with Crippen LogP contribution in [0.25, 0.3) is 0 Å². The number of imidazole rings is 1. The van der Waals surface area contributed by atoms with Crippen LogP contribution >= 0.6 is 0 Å². The number of methoxy groups -OCH3 is 1. The number of benzene rings is 1. The first-order chi connectivity index (χ1) is 17.6. The van der Waals surface area contributed by atoms with Gasteiger partial charge in [0.15, 0.2) is 0 Å². The zero-order valence-corrected chi connectivity index (χ0v) is 21.4. The highest BCUT2D eigenvalue weighted by Gasteiger charge is 2.34. The minimum Gasteiger partial charge on any atom is -0.468 e. The van der Waals surface area contributed by atoms with E-state index in [1.807, 2.05) is 36.7 Å². The molecule has 36 heavy (non-hydrogen) atoms. The lowest BCUT2D eigenvalue weighted by Gasteiger charge is -2.25. The van der Waals surface area contributed by atoms with Gasteiger partial charge in [-0.15, -0.1) is 0 Å². The Morgan fingerprint density at radius 3 is 2.72 bits per heavy atom. The molecule has 1 N–H and O–H groups in total. The third-order valence-corrected chi connectivity index (χ3v) is 7.51. The molecule has 196 valence electrons. The fraction of sp³-hybridized carbons (Fsp3) is 0.607. The Balaban J connectivity index is 1.23. The summed E-state index contributed by atoms with van der Waals surface area (Å²) in [6.07, 6.45) is 14.1. The largest absolute Gasteiger partial charge is 0.468 e. The summed E-state index contributed by atoms with van der Waals surface area (Å²) >= 11 is 0. The number of alkyl carbamates (subject to hydrolysis) is 1. The molecular weight excluding hydrogens is 456 g/mol. The fourth-order valence-corrected chi connectivity index (χ4v) is 5.49. The molecule has 0 radical (unpaired) electrons. The number of carbonyl (C=O) groups is 2. The summed E-state index contributed by atoms with van der Waals surface area (Å²) in [6.45, 7) is 2.47. The van der Waals surface area contributed by atoms with Crippen molar-refractivity contribution in [2.24, 2.45) is 5.92 Å². The van der Waals surface area contributed by atoms with Crippen LogP contribution in [0, 0.1) is 5.92 Å². The highest BCUT2D eigenvalue weighted by molar-refractivity contribution is 5.76. The van der Waals surface area contributed by atoms with Gasteiger partial charge in [-0.25, -0.2) is 9.78 Å².